The number of thiocarbonyl (C=S) groups is 1. The Morgan fingerprint density at radius 3 is 2.79 bits per heavy atom. The highest BCUT2D eigenvalue weighted by molar-refractivity contribution is 7.80. The molecule has 0 radical (unpaired) electrons. The maximum Gasteiger partial charge on any atom is 0.245 e. The Bertz CT molecular complexity index is 545. The van der Waals surface area contributed by atoms with Crippen LogP contribution < -0.4 is 16.0 Å². The first-order valence-corrected chi connectivity index (χ1v) is 6.78. The van der Waals surface area contributed by atoms with Gasteiger partial charge in [-0.05, 0) is 32.0 Å². The Morgan fingerprint density at radius 1 is 1.53 bits per heavy atom. The molecule has 0 aliphatic carbocycles. The summed E-state index contributed by atoms with van der Waals surface area (Å²) in [6, 6.07) is 5.42. The van der Waals surface area contributed by atoms with Crippen LogP contribution in [0.2, 0.25) is 5.02 Å². The second kappa shape index (κ2) is 4.98. The number of rotatable bonds is 2. The number of halogens is 1. The summed E-state index contributed by atoms with van der Waals surface area (Å²) in [5.41, 5.74) is 6.50. The molecule has 6 heteroatoms. The summed E-state index contributed by atoms with van der Waals surface area (Å²) in [4.78, 5) is 14.3. The number of anilines is 1. The van der Waals surface area contributed by atoms with E-state index in [1.54, 1.807) is 6.07 Å². The number of benzene rings is 1. The van der Waals surface area contributed by atoms with Crippen molar-refractivity contribution < 1.29 is 4.79 Å². The van der Waals surface area contributed by atoms with Crippen LogP contribution in [-0.4, -0.2) is 29.5 Å². The Hall–Kier alpha value is -1.33. The molecule has 0 spiro atoms. The van der Waals surface area contributed by atoms with Crippen molar-refractivity contribution in [1.82, 2.24) is 5.32 Å². The highest BCUT2D eigenvalue weighted by Crippen LogP contribution is 2.33. The fraction of sp³-hybridized carbons (Fsp3) is 0.385. The zero-order valence-corrected chi connectivity index (χ0v) is 12.4. The minimum absolute atomic E-state index is 0.00626. The normalized spacial score (nSPS) is 18.1. The van der Waals surface area contributed by atoms with Crippen LogP contribution >= 0.6 is 23.8 Å². The minimum atomic E-state index is -0.632. The molecule has 1 aromatic rings. The average Bonchev–Trinajstić information content (AvgIpc) is 2.33. The quantitative estimate of drug-likeness (QED) is 0.816. The number of amides is 1. The van der Waals surface area contributed by atoms with Crippen LogP contribution in [0.5, 0.6) is 0 Å². The van der Waals surface area contributed by atoms with Gasteiger partial charge in [-0.3, -0.25) is 4.79 Å². The highest BCUT2D eigenvalue weighted by Gasteiger charge is 2.38. The van der Waals surface area contributed by atoms with Crippen LogP contribution in [0.4, 0.5) is 5.69 Å². The van der Waals surface area contributed by atoms with E-state index in [1.807, 2.05) is 30.9 Å². The molecule has 102 valence electrons. The van der Waals surface area contributed by atoms with Gasteiger partial charge in [0.05, 0.1) is 10.7 Å². The maximum atomic E-state index is 11.9. The summed E-state index contributed by atoms with van der Waals surface area (Å²) in [6.07, 6.45) is 0. The van der Waals surface area contributed by atoms with Crippen molar-refractivity contribution in [1.29, 1.82) is 0 Å². The number of carbonyl (C=O) groups excluding carboxylic acids is 1. The molecular weight excluding hydrogens is 282 g/mol. The third-order valence-electron chi connectivity index (χ3n) is 3.37. The van der Waals surface area contributed by atoms with Gasteiger partial charge in [-0.2, -0.15) is 0 Å². The molecule has 0 aromatic heterocycles. The van der Waals surface area contributed by atoms with Gasteiger partial charge in [-0.15, -0.1) is 0 Å². The van der Waals surface area contributed by atoms with Gasteiger partial charge in [0.2, 0.25) is 5.91 Å². The number of carbonyl (C=O) groups is 1. The van der Waals surface area contributed by atoms with Crippen molar-refractivity contribution in [3.63, 3.8) is 0 Å². The predicted octanol–water partition coefficient (Wildman–Crippen LogP) is 1.69. The Kier molecular flexibility index (Phi) is 3.69. The smallest absolute Gasteiger partial charge is 0.245 e. The SMILES string of the molecule is CC1(C)C(=O)NCCN1c1ccc(C(N)=S)cc1Cl. The fourth-order valence-electron chi connectivity index (χ4n) is 2.20. The Balaban J connectivity index is 2.41. The molecule has 0 saturated carbocycles. The van der Waals surface area contributed by atoms with E-state index in [4.69, 9.17) is 29.6 Å². The lowest BCUT2D eigenvalue weighted by atomic mass is 9.97. The zero-order chi connectivity index (χ0) is 14.2. The molecule has 0 bridgehead atoms. The van der Waals surface area contributed by atoms with Gasteiger partial charge in [0.15, 0.2) is 0 Å². The number of nitrogens with two attached hydrogens (primary N) is 1. The third-order valence-corrected chi connectivity index (χ3v) is 3.91. The van der Waals surface area contributed by atoms with Crippen LogP contribution in [0, 0.1) is 0 Å². The molecule has 1 saturated heterocycles. The van der Waals surface area contributed by atoms with Gasteiger partial charge in [0.1, 0.15) is 10.5 Å². The molecule has 4 nitrogen and oxygen atoms in total. The molecule has 2 rings (SSSR count). The highest BCUT2D eigenvalue weighted by atomic mass is 35.5. The summed E-state index contributed by atoms with van der Waals surface area (Å²) in [5, 5.41) is 3.41. The molecule has 1 amide bonds. The molecule has 1 aliphatic rings. The molecular formula is C13H16ClN3OS. The van der Waals surface area contributed by atoms with Crippen LogP contribution in [-0.2, 0) is 4.79 Å². The largest absolute Gasteiger partial charge is 0.389 e. The van der Waals surface area contributed by atoms with E-state index in [0.29, 0.717) is 23.1 Å². The zero-order valence-electron chi connectivity index (χ0n) is 10.9. The average molecular weight is 298 g/mol. The van der Waals surface area contributed by atoms with Gasteiger partial charge in [0.25, 0.3) is 0 Å². The summed E-state index contributed by atoms with van der Waals surface area (Å²) in [7, 11) is 0. The summed E-state index contributed by atoms with van der Waals surface area (Å²) < 4.78 is 0. The van der Waals surface area contributed by atoms with E-state index >= 15 is 0 Å². The molecule has 0 atom stereocenters. The van der Waals surface area contributed by atoms with E-state index in [2.05, 4.69) is 5.32 Å². The number of piperazine rings is 1. The number of hydrogen-bond acceptors (Lipinski definition) is 3. The van der Waals surface area contributed by atoms with E-state index in [9.17, 15) is 4.79 Å². The molecule has 1 fully saturated rings. The standard InChI is InChI=1S/C13H16ClN3OS/c1-13(2)12(18)16-5-6-17(13)10-4-3-8(11(15)19)7-9(10)14/h3-4,7H,5-6H2,1-2H3,(H2,15,19)(H,16,18). The topological polar surface area (TPSA) is 58.4 Å². The molecule has 19 heavy (non-hydrogen) atoms. The van der Waals surface area contributed by atoms with Crippen LogP contribution in [0.25, 0.3) is 0 Å². The van der Waals surface area contributed by atoms with E-state index in [1.165, 1.54) is 0 Å². The molecule has 0 unspecified atom stereocenters. The van der Waals surface area contributed by atoms with Crippen molar-refractivity contribution >= 4 is 40.4 Å². The molecule has 3 N–H and O–H groups in total. The minimum Gasteiger partial charge on any atom is -0.389 e. The second-order valence-electron chi connectivity index (χ2n) is 5.00. The summed E-state index contributed by atoms with van der Waals surface area (Å²) in [6.45, 7) is 5.07. The van der Waals surface area contributed by atoms with Crippen LogP contribution in [0.1, 0.15) is 19.4 Å². The first kappa shape index (κ1) is 14.1. The van der Waals surface area contributed by atoms with Crippen molar-refractivity contribution in [2.75, 3.05) is 18.0 Å². The van der Waals surface area contributed by atoms with Crippen molar-refractivity contribution in [3.8, 4) is 0 Å². The lowest BCUT2D eigenvalue weighted by Gasteiger charge is -2.43. The summed E-state index contributed by atoms with van der Waals surface area (Å²) in [5.74, 6) is -0.00626. The lowest BCUT2D eigenvalue weighted by molar-refractivity contribution is -0.126. The van der Waals surface area contributed by atoms with Gasteiger partial charge in [-0.25, -0.2) is 0 Å². The second-order valence-corrected chi connectivity index (χ2v) is 5.84. The summed E-state index contributed by atoms with van der Waals surface area (Å²) >= 11 is 11.2. The van der Waals surface area contributed by atoms with Crippen LogP contribution in [0.15, 0.2) is 18.2 Å². The first-order chi connectivity index (χ1) is 8.84. The molecule has 1 aliphatic heterocycles. The van der Waals surface area contributed by atoms with Crippen molar-refractivity contribution in [2.24, 2.45) is 5.73 Å². The van der Waals surface area contributed by atoms with Crippen molar-refractivity contribution in [3.05, 3.63) is 28.8 Å². The lowest BCUT2D eigenvalue weighted by Crippen LogP contribution is -2.62. The molecule has 1 aromatic carbocycles. The first-order valence-electron chi connectivity index (χ1n) is 5.99. The monoisotopic (exact) mass is 297 g/mol. The van der Waals surface area contributed by atoms with Crippen LogP contribution in [0.3, 0.4) is 0 Å². The van der Waals surface area contributed by atoms with Gasteiger partial charge < -0.3 is 16.0 Å². The van der Waals surface area contributed by atoms with E-state index in [0.717, 1.165) is 11.3 Å². The van der Waals surface area contributed by atoms with E-state index in [-0.39, 0.29) is 5.91 Å². The van der Waals surface area contributed by atoms with E-state index < -0.39 is 5.54 Å². The number of nitrogens with one attached hydrogen (secondary N) is 1. The predicted molar refractivity (Wildman–Crippen MR) is 81.8 cm³/mol. The Morgan fingerprint density at radius 2 is 2.21 bits per heavy atom. The van der Waals surface area contributed by atoms with Gasteiger partial charge in [-0.1, -0.05) is 23.8 Å². The maximum absolute atomic E-state index is 11.9. The fourth-order valence-corrected chi connectivity index (χ4v) is 2.61. The van der Waals surface area contributed by atoms with Gasteiger partial charge >= 0.3 is 0 Å². The number of nitrogens with zero attached hydrogens (tertiary/aromatic N) is 1. The van der Waals surface area contributed by atoms with Gasteiger partial charge in [0, 0.05) is 18.7 Å². The number of hydrogen-bond donors (Lipinski definition) is 2. The Labute approximate surface area is 122 Å². The van der Waals surface area contributed by atoms with Crippen molar-refractivity contribution in [2.45, 2.75) is 19.4 Å². The molecule has 1 heterocycles. The third kappa shape index (κ3) is 2.53.